The molecule has 5 amide bonds. The highest BCUT2D eigenvalue weighted by Gasteiger charge is 2.61. The summed E-state index contributed by atoms with van der Waals surface area (Å²) in [4.78, 5) is 72.4. The Morgan fingerprint density at radius 3 is 2.47 bits per heavy atom. The highest BCUT2D eigenvalue weighted by molar-refractivity contribution is 7.87. The van der Waals surface area contributed by atoms with Gasteiger partial charge in [0.2, 0.25) is 11.8 Å². The molecule has 15 nitrogen and oxygen atoms in total. The topological polar surface area (TPSA) is 184 Å². The summed E-state index contributed by atoms with van der Waals surface area (Å²) < 4.78 is 41.4. The van der Waals surface area contributed by atoms with Crippen molar-refractivity contribution in [2.24, 2.45) is 17.3 Å². The molecule has 314 valence electrons. The average Bonchev–Trinajstić information content (AvgIpc) is 3.47. The van der Waals surface area contributed by atoms with E-state index in [1.165, 1.54) is 18.0 Å². The van der Waals surface area contributed by atoms with Crippen LogP contribution in [0.2, 0.25) is 0 Å². The number of fused-ring (bicyclic) bond motifs is 3. The van der Waals surface area contributed by atoms with Crippen LogP contribution < -0.4 is 15.4 Å². The number of hydrogen-bond acceptors (Lipinski definition) is 9. The van der Waals surface area contributed by atoms with Gasteiger partial charge in [-0.25, -0.2) is 14.3 Å². The van der Waals surface area contributed by atoms with Crippen LogP contribution in [0.25, 0.3) is 0 Å². The summed E-state index contributed by atoms with van der Waals surface area (Å²) in [5.41, 5.74) is 2.00. The van der Waals surface area contributed by atoms with E-state index in [0.717, 1.165) is 46.7 Å². The molecule has 0 radical (unpaired) electrons. The van der Waals surface area contributed by atoms with Gasteiger partial charge >= 0.3 is 22.4 Å². The van der Waals surface area contributed by atoms with Crippen molar-refractivity contribution in [2.75, 3.05) is 20.2 Å². The van der Waals surface area contributed by atoms with Crippen molar-refractivity contribution >= 4 is 40.1 Å². The first-order valence-electron chi connectivity index (χ1n) is 20.0. The van der Waals surface area contributed by atoms with Crippen molar-refractivity contribution in [3.8, 4) is 0 Å². The summed E-state index contributed by atoms with van der Waals surface area (Å²) in [6.45, 7) is 12.0. The van der Waals surface area contributed by atoms with Crippen LogP contribution in [0.4, 0.5) is 9.59 Å². The van der Waals surface area contributed by atoms with Crippen LogP contribution in [0.1, 0.15) is 82.1 Å². The van der Waals surface area contributed by atoms with E-state index in [1.54, 1.807) is 49.1 Å². The molecular formula is C42H56N6O9S. The number of aryl methyl sites for hydroxylation is 1. The molecule has 3 aliphatic heterocycles. The van der Waals surface area contributed by atoms with E-state index in [1.807, 2.05) is 26.0 Å². The second-order valence-electron chi connectivity index (χ2n) is 17.2. The molecule has 16 heteroatoms. The van der Waals surface area contributed by atoms with Crippen LogP contribution in [0, 0.1) is 17.3 Å². The van der Waals surface area contributed by atoms with Crippen molar-refractivity contribution in [1.82, 2.24) is 29.5 Å². The molecular weight excluding hydrogens is 765 g/mol. The molecule has 1 saturated carbocycles. The van der Waals surface area contributed by atoms with E-state index in [2.05, 4.69) is 28.0 Å². The van der Waals surface area contributed by atoms with Gasteiger partial charge in [-0.05, 0) is 59.3 Å². The van der Waals surface area contributed by atoms with Crippen molar-refractivity contribution in [2.45, 2.75) is 110 Å². The first-order valence-corrected chi connectivity index (χ1v) is 21.4. The van der Waals surface area contributed by atoms with Gasteiger partial charge in [-0.1, -0.05) is 88.7 Å². The highest BCUT2D eigenvalue weighted by atomic mass is 32.2. The van der Waals surface area contributed by atoms with E-state index in [9.17, 15) is 32.4 Å². The summed E-state index contributed by atoms with van der Waals surface area (Å²) in [5, 5.41) is 5.46. The third kappa shape index (κ3) is 9.49. The zero-order valence-corrected chi connectivity index (χ0v) is 34.8. The number of carbonyl (C=O) groups is 5. The lowest BCUT2D eigenvalue weighted by Gasteiger charge is -2.31. The molecule has 4 bridgehead atoms. The molecule has 3 heterocycles. The fourth-order valence-corrected chi connectivity index (χ4v) is 9.00. The van der Waals surface area contributed by atoms with Crippen LogP contribution in [0.5, 0.6) is 0 Å². The van der Waals surface area contributed by atoms with E-state index in [4.69, 9.17) is 9.47 Å². The molecule has 2 aromatic rings. The molecule has 6 rings (SSSR count). The first kappa shape index (κ1) is 42.6. The molecule has 58 heavy (non-hydrogen) atoms. The average molecular weight is 821 g/mol. The summed E-state index contributed by atoms with van der Waals surface area (Å²) >= 11 is 0. The molecule has 1 saturated heterocycles. The number of alkyl carbamates (subject to hydrolysis) is 1. The molecule has 0 aromatic heterocycles. The Bertz CT molecular complexity index is 2030. The molecule has 4 aliphatic rings. The second-order valence-corrected chi connectivity index (χ2v) is 18.9. The second kappa shape index (κ2) is 17.1. The lowest BCUT2D eigenvalue weighted by molar-refractivity contribution is -0.141. The number of nitrogens with zero attached hydrogens (tertiary/aromatic N) is 3. The fraction of sp³-hybridized carbons (Fsp3) is 0.548. The molecule has 5 atom stereocenters. The third-order valence-corrected chi connectivity index (χ3v) is 13.1. The van der Waals surface area contributed by atoms with Gasteiger partial charge in [0.25, 0.3) is 5.91 Å². The quantitative estimate of drug-likeness (QED) is 0.313. The highest BCUT2D eigenvalue weighted by Crippen LogP contribution is 2.45. The Morgan fingerprint density at radius 2 is 1.78 bits per heavy atom. The number of hydrogen-bond donors (Lipinski definition) is 3. The number of cyclic esters (lactones) is 1. The van der Waals surface area contributed by atoms with Crippen LogP contribution >= 0.6 is 0 Å². The minimum Gasteiger partial charge on any atom is -0.449 e. The lowest BCUT2D eigenvalue weighted by atomic mass is 9.87. The molecule has 0 unspecified atom stereocenters. The predicted octanol–water partition coefficient (Wildman–Crippen LogP) is 4.17. The van der Waals surface area contributed by atoms with Crippen LogP contribution in [0.15, 0.2) is 61.2 Å². The number of carbonyl (C=O) groups excluding carboxylic acids is 5. The lowest BCUT2D eigenvalue weighted by Crippen LogP contribution is -2.59. The van der Waals surface area contributed by atoms with Gasteiger partial charge in [0, 0.05) is 39.0 Å². The molecule has 3 N–H and O–H groups in total. The van der Waals surface area contributed by atoms with E-state index < -0.39 is 75.7 Å². The van der Waals surface area contributed by atoms with E-state index in [-0.39, 0.29) is 38.0 Å². The van der Waals surface area contributed by atoms with E-state index >= 15 is 0 Å². The molecule has 0 spiro atoms. The van der Waals surface area contributed by atoms with Crippen LogP contribution in [0.3, 0.4) is 0 Å². The third-order valence-electron chi connectivity index (χ3n) is 11.7. The van der Waals surface area contributed by atoms with Gasteiger partial charge < -0.3 is 25.0 Å². The minimum absolute atomic E-state index is 0.00596. The first-order chi connectivity index (χ1) is 27.4. The van der Waals surface area contributed by atoms with Crippen molar-refractivity contribution in [3.05, 3.63) is 83.4 Å². The zero-order chi connectivity index (χ0) is 42.0. The summed E-state index contributed by atoms with van der Waals surface area (Å²) in [7, 11) is -3.01. The molecule has 2 aromatic carbocycles. The monoisotopic (exact) mass is 820 g/mol. The normalized spacial score (nSPS) is 26.4. The Morgan fingerprint density at radius 1 is 1.05 bits per heavy atom. The van der Waals surface area contributed by atoms with Crippen molar-refractivity contribution in [1.29, 1.82) is 0 Å². The van der Waals surface area contributed by atoms with Crippen molar-refractivity contribution < 1.29 is 41.9 Å². The fourth-order valence-electron chi connectivity index (χ4n) is 8.11. The maximum Gasteiger partial charge on any atom is 0.410 e. The summed E-state index contributed by atoms with van der Waals surface area (Å²) in [6.07, 6.45) is 2.61. The van der Waals surface area contributed by atoms with Crippen molar-refractivity contribution in [3.63, 3.8) is 0 Å². The zero-order valence-electron chi connectivity index (χ0n) is 34.0. The molecule has 1 aliphatic carbocycles. The standard InChI is InChI=1S/C42H56N6O9S/c1-7-31-21-42(31,38(51)45-58(54,55)46(6)22-28-14-9-8-10-15-28)44-36(49)34-20-32-24-48(34)37(50)35(27(2)3)43-39(52)56-26-41(4,5)19-12-11-16-29-17-13-18-30-23-47(25-33(29)30)40(53)57-32/h7-10,13-15,17-18,27,31-32,34-35H,1,11-12,16,19-26H2,2-6H3,(H,43,52)(H,44,49)(H,45,51)/t31-,32-,34+,35+,42+/m1/s1. The smallest absolute Gasteiger partial charge is 0.410 e. The Hall–Kier alpha value is -4.96. The number of benzene rings is 2. The van der Waals surface area contributed by atoms with Gasteiger partial charge in [0.1, 0.15) is 23.7 Å². The summed E-state index contributed by atoms with van der Waals surface area (Å²) in [6, 6.07) is 12.6. The van der Waals surface area contributed by atoms with Gasteiger partial charge in [-0.2, -0.15) is 12.7 Å². The van der Waals surface area contributed by atoms with Gasteiger partial charge in [-0.15, -0.1) is 6.58 Å². The Kier molecular flexibility index (Phi) is 12.6. The maximum atomic E-state index is 14.4. The Balaban J connectivity index is 1.24. The van der Waals surface area contributed by atoms with Crippen LogP contribution in [-0.4, -0.2) is 96.4 Å². The number of amides is 5. The van der Waals surface area contributed by atoms with Gasteiger partial charge in [-0.3, -0.25) is 19.3 Å². The minimum atomic E-state index is -4.34. The Labute approximate surface area is 341 Å². The van der Waals surface area contributed by atoms with Gasteiger partial charge in [0.15, 0.2) is 0 Å². The largest absolute Gasteiger partial charge is 0.449 e. The molecule has 2 fully saturated rings. The summed E-state index contributed by atoms with van der Waals surface area (Å²) in [5.74, 6) is -3.33. The number of ether oxygens (including phenoxy) is 2. The predicted molar refractivity (Wildman–Crippen MR) is 215 cm³/mol. The van der Waals surface area contributed by atoms with Gasteiger partial charge in [0.05, 0.1) is 13.2 Å². The van der Waals surface area contributed by atoms with E-state index in [0.29, 0.717) is 18.7 Å². The SMILES string of the molecule is C=C[C@@H]1C[C@@]1(NC(=O)[C@@H]1C[C@@H]2CN1C(=O)[C@H](C(C)C)NC(=O)OCC(C)(C)CCCCc1cccc3c1CN(C3)C(=O)O2)C(=O)NS(=O)(=O)N(C)Cc1ccccc1. The number of rotatable bonds is 9. The number of nitrogens with one attached hydrogen (secondary N) is 3. The maximum absolute atomic E-state index is 14.4. The van der Waals surface area contributed by atoms with Crippen LogP contribution in [-0.2, 0) is 60.1 Å².